The third kappa shape index (κ3) is 2.40. The van der Waals surface area contributed by atoms with Crippen molar-refractivity contribution in [2.24, 2.45) is 0 Å². The second-order valence-corrected chi connectivity index (χ2v) is 5.36. The van der Waals surface area contributed by atoms with Gasteiger partial charge in [-0.25, -0.2) is 4.39 Å². The van der Waals surface area contributed by atoms with E-state index in [4.69, 9.17) is 0 Å². The molecular formula is C16H18FNO. The molecule has 19 heavy (non-hydrogen) atoms. The second-order valence-electron chi connectivity index (χ2n) is 5.36. The van der Waals surface area contributed by atoms with Crippen molar-refractivity contribution in [2.45, 2.75) is 51.4 Å². The van der Waals surface area contributed by atoms with Gasteiger partial charge >= 0.3 is 0 Å². The lowest BCUT2D eigenvalue weighted by Crippen LogP contribution is -2.32. The highest BCUT2D eigenvalue weighted by atomic mass is 19.1. The van der Waals surface area contributed by atoms with Gasteiger partial charge in [0.2, 0.25) is 0 Å². The van der Waals surface area contributed by atoms with Crippen molar-refractivity contribution in [2.75, 3.05) is 0 Å². The molecule has 0 atom stereocenters. The summed E-state index contributed by atoms with van der Waals surface area (Å²) in [4.78, 5) is 11.4. The van der Waals surface area contributed by atoms with Gasteiger partial charge in [-0.15, -0.1) is 0 Å². The lowest BCUT2D eigenvalue weighted by Gasteiger charge is -2.32. The van der Waals surface area contributed by atoms with Crippen LogP contribution < -0.4 is 0 Å². The molecule has 1 aromatic carbocycles. The zero-order chi connectivity index (χ0) is 14.0. The fraction of sp³-hybridized carbons (Fsp3) is 0.500. The third-order valence-corrected chi connectivity index (χ3v) is 4.08. The van der Waals surface area contributed by atoms with Gasteiger partial charge in [0, 0.05) is 12.8 Å². The molecule has 0 aliphatic heterocycles. The summed E-state index contributed by atoms with van der Waals surface area (Å²) in [7, 11) is 0. The van der Waals surface area contributed by atoms with Gasteiger partial charge in [0.15, 0.2) is 0 Å². The summed E-state index contributed by atoms with van der Waals surface area (Å²) in [6, 6.07) is 5.80. The summed E-state index contributed by atoms with van der Waals surface area (Å²) in [6.07, 6.45) is 2.44. The maximum atomic E-state index is 14.1. The number of Topliss-reactive ketones (excluding diaryl/α,β-unsaturated/α-hetero) is 1. The molecule has 2 rings (SSSR count). The Morgan fingerprint density at radius 3 is 2.53 bits per heavy atom. The van der Waals surface area contributed by atoms with Gasteiger partial charge < -0.3 is 0 Å². The van der Waals surface area contributed by atoms with Crippen LogP contribution in [0.1, 0.15) is 49.3 Å². The van der Waals surface area contributed by atoms with Crippen LogP contribution in [0, 0.1) is 24.1 Å². The van der Waals surface area contributed by atoms with Crippen molar-refractivity contribution in [3.05, 3.63) is 34.6 Å². The van der Waals surface area contributed by atoms with E-state index in [0.29, 0.717) is 37.7 Å². The first-order chi connectivity index (χ1) is 9.02. The number of ketones is 1. The molecule has 0 saturated heterocycles. The Morgan fingerprint density at radius 1 is 1.37 bits per heavy atom. The zero-order valence-corrected chi connectivity index (χ0v) is 11.4. The van der Waals surface area contributed by atoms with Gasteiger partial charge in [-0.3, -0.25) is 4.79 Å². The summed E-state index contributed by atoms with van der Waals surface area (Å²) < 4.78 is 14.1. The monoisotopic (exact) mass is 259 g/mol. The van der Waals surface area contributed by atoms with Crippen molar-refractivity contribution >= 4 is 5.78 Å². The highest BCUT2D eigenvalue weighted by Gasteiger charge is 2.38. The van der Waals surface area contributed by atoms with E-state index < -0.39 is 5.41 Å². The predicted octanol–water partition coefficient (Wildman–Crippen LogP) is 3.60. The number of halogens is 1. The van der Waals surface area contributed by atoms with Crippen LogP contribution in [0.3, 0.4) is 0 Å². The molecule has 1 aliphatic rings. The van der Waals surface area contributed by atoms with Crippen LogP contribution in [0.25, 0.3) is 0 Å². The highest BCUT2D eigenvalue weighted by Crippen LogP contribution is 2.40. The molecule has 3 heteroatoms. The van der Waals surface area contributed by atoms with Crippen LogP contribution in [0.2, 0.25) is 0 Å². The van der Waals surface area contributed by atoms with Crippen molar-refractivity contribution < 1.29 is 9.18 Å². The SMILES string of the molecule is CCc1c(F)cc(C)cc1C1(C#N)CCC(=O)CC1. The van der Waals surface area contributed by atoms with E-state index in [1.165, 1.54) is 6.07 Å². The molecule has 0 radical (unpaired) electrons. The number of hydrogen-bond acceptors (Lipinski definition) is 2. The molecule has 0 N–H and O–H groups in total. The number of carbonyl (C=O) groups is 1. The first-order valence-electron chi connectivity index (χ1n) is 6.75. The Kier molecular flexibility index (Phi) is 3.71. The van der Waals surface area contributed by atoms with Gasteiger partial charge in [-0.2, -0.15) is 5.26 Å². The van der Waals surface area contributed by atoms with Crippen LogP contribution in [0.5, 0.6) is 0 Å². The number of aryl methyl sites for hydroxylation is 1. The molecule has 1 fully saturated rings. The van der Waals surface area contributed by atoms with Gasteiger partial charge in [0.1, 0.15) is 11.6 Å². The molecule has 0 amide bonds. The molecule has 0 unspecified atom stereocenters. The Bertz CT molecular complexity index is 547. The van der Waals surface area contributed by atoms with E-state index >= 15 is 0 Å². The lowest BCUT2D eigenvalue weighted by molar-refractivity contribution is -0.120. The van der Waals surface area contributed by atoms with E-state index in [0.717, 1.165) is 11.1 Å². The molecule has 1 aliphatic carbocycles. The van der Waals surface area contributed by atoms with Crippen LogP contribution in [0.4, 0.5) is 4.39 Å². The van der Waals surface area contributed by atoms with Crippen molar-refractivity contribution in [3.8, 4) is 6.07 Å². The van der Waals surface area contributed by atoms with Crippen LogP contribution in [0.15, 0.2) is 12.1 Å². The fourth-order valence-electron chi connectivity index (χ4n) is 2.96. The van der Waals surface area contributed by atoms with E-state index in [-0.39, 0.29) is 11.6 Å². The van der Waals surface area contributed by atoms with Crippen LogP contribution in [-0.4, -0.2) is 5.78 Å². The summed E-state index contributed by atoms with van der Waals surface area (Å²) in [5.41, 5.74) is 1.56. The highest BCUT2D eigenvalue weighted by molar-refractivity contribution is 5.80. The van der Waals surface area contributed by atoms with Crippen LogP contribution >= 0.6 is 0 Å². The molecule has 0 aromatic heterocycles. The first kappa shape index (κ1) is 13.7. The fourth-order valence-corrected chi connectivity index (χ4v) is 2.96. The van der Waals surface area contributed by atoms with E-state index in [9.17, 15) is 14.4 Å². The normalized spacial score (nSPS) is 18.1. The van der Waals surface area contributed by atoms with Gasteiger partial charge in [-0.05, 0) is 48.9 Å². The van der Waals surface area contributed by atoms with Gasteiger partial charge in [0.05, 0.1) is 11.5 Å². The van der Waals surface area contributed by atoms with Gasteiger partial charge in [-0.1, -0.05) is 13.0 Å². The second kappa shape index (κ2) is 5.13. The smallest absolute Gasteiger partial charge is 0.133 e. The molecule has 1 aromatic rings. The van der Waals surface area contributed by atoms with Crippen molar-refractivity contribution in [1.82, 2.24) is 0 Å². The Hall–Kier alpha value is -1.69. The van der Waals surface area contributed by atoms with E-state index in [2.05, 4.69) is 6.07 Å². The molecule has 0 spiro atoms. The quantitative estimate of drug-likeness (QED) is 0.814. The van der Waals surface area contributed by atoms with Gasteiger partial charge in [0.25, 0.3) is 0 Å². The minimum atomic E-state index is -0.688. The molecular weight excluding hydrogens is 241 g/mol. The zero-order valence-electron chi connectivity index (χ0n) is 11.4. The lowest BCUT2D eigenvalue weighted by atomic mass is 9.68. The maximum absolute atomic E-state index is 14.1. The Labute approximate surface area is 113 Å². The van der Waals surface area contributed by atoms with Crippen LogP contribution in [-0.2, 0) is 16.6 Å². The average Bonchev–Trinajstić information content (AvgIpc) is 2.39. The number of benzene rings is 1. The minimum Gasteiger partial charge on any atom is -0.300 e. The Balaban J connectivity index is 2.55. The third-order valence-electron chi connectivity index (χ3n) is 4.08. The van der Waals surface area contributed by atoms with Crippen molar-refractivity contribution in [1.29, 1.82) is 5.26 Å². The molecule has 2 nitrogen and oxygen atoms in total. The van der Waals surface area contributed by atoms with E-state index in [1.807, 2.05) is 19.9 Å². The van der Waals surface area contributed by atoms with Crippen molar-refractivity contribution in [3.63, 3.8) is 0 Å². The largest absolute Gasteiger partial charge is 0.300 e. The number of hydrogen-bond donors (Lipinski definition) is 0. The molecule has 100 valence electrons. The Morgan fingerprint density at radius 2 is 2.00 bits per heavy atom. The standard InChI is InChI=1S/C16H18FNO/c1-3-13-14(8-11(2)9-15(13)17)16(10-18)6-4-12(19)5-7-16/h8-9H,3-7H2,1-2H3. The van der Waals surface area contributed by atoms with E-state index in [1.54, 1.807) is 0 Å². The molecule has 0 bridgehead atoms. The number of rotatable bonds is 2. The summed E-state index contributed by atoms with van der Waals surface area (Å²) in [5.74, 6) is -0.0268. The predicted molar refractivity (Wildman–Crippen MR) is 71.3 cm³/mol. The maximum Gasteiger partial charge on any atom is 0.133 e. The number of nitriles is 1. The number of carbonyl (C=O) groups excluding carboxylic acids is 1. The minimum absolute atomic E-state index is 0.206. The molecule has 1 saturated carbocycles. The average molecular weight is 259 g/mol. The summed E-state index contributed by atoms with van der Waals surface area (Å²) >= 11 is 0. The molecule has 0 heterocycles. The first-order valence-corrected chi connectivity index (χ1v) is 6.75. The topological polar surface area (TPSA) is 40.9 Å². The number of nitrogens with zero attached hydrogens (tertiary/aromatic N) is 1. The summed E-state index contributed by atoms with van der Waals surface area (Å²) in [5, 5.41) is 9.60. The summed E-state index contributed by atoms with van der Waals surface area (Å²) in [6.45, 7) is 3.74.